The summed E-state index contributed by atoms with van der Waals surface area (Å²) < 4.78 is 2.17. The van der Waals surface area contributed by atoms with E-state index in [2.05, 4.69) is 45.2 Å². The van der Waals surface area contributed by atoms with Crippen molar-refractivity contribution in [2.45, 2.75) is 26.3 Å². The Morgan fingerprint density at radius 3 is 2.49 bits per heavy atom. The van der Waals surface area contributed by atoms with Gasteiger partial charge in [-0.3, -0.25) is 9.97 Å². The van der Waals surface area contributed by atoms with Crippen LogP contribution in [0.25, 0.3) is 27.7 Å². The predicted molar refractivity (Wildman–Crippen MR) is 144 cm³/mol. The van der Waals surface area contributed by atoms with E-state index in [0.29, 0.717) is 17.8 Å². The molecule has 7 nitrogen and oxygen atoms in total. The molecule has 5 aromatic rings. The minimum absolute atomic E-state index is 0.221. The predicted octanol–water partition coefficient (Wildman–Crippen LogP) is 6.91. The summed E-state index contributed by atoms with van der Waals surface area (Å²) in [6.07, 6.45) is 8.00. The molecule has 0 aliphatic rings. The summed E-state index contributed by atoms with van der Waals surface area (Å²) in [5, 5.41) is 12.4. The quantitative estimate of drug-likeness (QED) is 0.234. The van der Waals surface area contributed by atoms with Crippen molar-refractivity contribution in [2.75, 3.05) is 0 Å². The lowest BCUT2D eigenvalue weighted by Crippen LogP contribution is -2.13. The van der Waals surface area contributed by atoms with E-state index in [-0.39, 0.29) is 6.04 Å². The van der Waals surface area contributed by atoms with E-state index in [4.69, 9.17) is 9.97 Å². The van der Waals surface area contributed by atoms with Crippen LogP contribution >= 0.6 is 0 Å². The van der Waals surface area contributed by atoms with Gasteiger partial charge in [0.25, 0.3) is 0 Å². The third kappa shape index (κ3) is 4.53. The van der Waals surface area contributed by atoms with Gasteiger partial charge in [-0.05, 0) is 65.6 Å². The van der Waals surface area contributed by atoms with E-state index in [9.17, 15) is 10.2 Å². The van der Waals surface area contributed by atoms with Crippen molar-refractivity contribution in [1.29, 1.82) is 5.26 Å². The molecule has 4 aromatic heterocycles. The lowest BCUT2D eigenvalue weighted by molar-refractivity contribution is 0.683. The van der Waals surface area contributed by atoms with Crippen molar-refractivity contribution in [3.8, 4) is 17.2 Å². The average molecular weight is 485 g/mol. The number of nitrogens with zero attached hydrogens (tertiary/aromatic N) is 6. The molecule has 0 aliphatic carbocycles. The maximum absolute atomic E-state index is 11.4. The minimum Gasteiger partial charge on any atom is -0.332 e. The summed E-state index contributed by atoms with van der Waals surface area (Å²) in [4.78, 5) is 25.2. The van der Waals surface area contributed by atoms with Gasteiger partial charge in [0.05, 0.1) is 22.4 Å². The van der Waals surface area contributed by atoms with Crippen LogP contribution in [-0.4, -0.2) is 19.5 Å². The third-order valence-electron chi connectivity index (χ3n) is 6.50. The summed E-state index contributed by atoms with van der Waals surface area (Å²) in [7, 11) is 0. The molecule has 0 saturated heterocycles. The first-order valence-electron chi connectivity index (χ1n) is 12.0. The van der Waals surface area contributed by atoms with Crippen LogP contribution in [0.2, 0.25) is 0 Å². The fourth-order valence-corrected chi connectivity index (χ4v) is 4.71. The Balaban J connectivity index is 1.82. The largest absolute Gasteiger partial charge is 0.332 e. The fourth-order valence-electron chi connectivity index (χ4n) is 4.71. The van der Waals surface area contributed by atoms with Crippen LogP contribution in [0.3, 0.4) is 0 Å². The van der Waals surface area contributed by atoms with E-state index >= 15 is 0 Å². The van der Waals surface area contributed by atoms with Gasteiger partial charge in [-0.1, -0.05) is 43.3 Å². The van der Waals surface area contributed by atoms with Gasteiger partial charge < -0.3 is 4.57 Å². The molecule has 0 N–H and O–H groups in total. The maximum Gasteiger partial charge on any atom is 0.140 e. The minimum atomic E-state index is -0.221. The van der Waals surface area contributed by atoms with Crippen LogP contribution in [-0.2, 0) is 0 Å². The van der Waals surface area contributed by atoms with Crippen LogP contribution < -0.4 is 0 Å². The summed E-state index contributed by atoms with van der Waals surface area (Å²) in [6, 6.07) is 23.6. The van der Waals surface area contributed by atoms with Crippen LogP contribution in [0.1, 0.15) is 48.8 Å². The van der Waals surface area contributed by atoms with Crippen molar-refractivity contribution in [3.63, 3.8) is 0 Å². The van der Waals surface area contributed by atoms with Gasteiger partial charge in [0, 0.05) is 35.9 Å². The van der Waals surface area contributed by atoms with E-state index in [1.165, 1.54) is 0 Å². The van der Waals surface area contributed by atoms with Crippen LogP contribution in [0.5, 0.6) is 0 Å². The fraction of sp³-hybridized carbons (Fsp3) is 0.133. The molecule has 0 spiro atoms. The van der Waals surface area contributed by atoms with E-state index in [0.717, 1.165) is 44.6 Å². The zero-order valence-electron chi connectivity index (χ0n) is 20.5. The molecule has 5 rings (SSSR count). The molecular weight excluding hydrogens is 460 g/mol. The Labute approximate surface area is 214 Å². The summed E-state index contributed by atoms with van der Waals surface area (Å²) in [5.41, 5.74) is 7.89. The van der Waals surface area contributed by atoms with Crippen molar-refractivity contribution < 1.29 is 0 Å². The molecule has 0 radical (unpaired) electrons. The smallest absolute Gasteiger partial charge is 0.140 e. The topological polar surface area (TPSA) is 96.8 Å². The number of nitriles is 1. The third-order valence-corrected chi connectivity index (χ3v) is 6.50. The molecule has 1 unspecified atom stereocenters. The summed E-state index contributed by atoms with van der Waals surface area (Å²) in [5.74, 6) is 0. The Morgan fingerprint density at radius 2 is 1.84 bits per heavy atom. The first kappa shape index (κ1) is 23.8. The number of fused-ring (bicyclic) bond motifs is 1. The highest BCUT2D eigenvalue weighted by Gasteiger charge is 2.23. The average Bonchev–Trinajstić information content (AvgIpc) is 3.33. The first-order chi connectivity index (χ1) is 18.1. The normalized spacial score (nSPS) is 12.6. The number of aromatic nitrogens is 4. The Morgan fingerprint density at radius 1 is 1.03 bits per heavy atom. The van der Waals surface area contributed by atoms with Gasteiger partial charge in [-0.15, -0.1) is 4.91 Å². The van der Waals surface area contributed by atoms with E-state index in [1.807, 2.05) is 49.4 Å². The number of nitroso groups, excluding NO2 is 1. The molecule has 37 heavy (non-hydrogen) atoms. The molecule has 0 amide bonds. The number of benzene rings is 1. The second-order valence-corrected chi connectivity index (χ2v) is 8.66. The Kier molecular flexibility index (Phi) is 6.64. The van der Waals surface area contributed by atoms with Crippen LogP contribution in [0.15, 0.2) is 102 Å². The molecule has 180 valence electrons. The second kappa shape index (κ2) is 10.3. The molecule has 0 fully saturated rings. The Hall–Kier alpha value is -4.96. The van der Waals surface area contributed by atoms with Gasteiger partial charge in [0.1, 0.15) is 17.8 Å². The highest BCUT2D eigenvalue weighted by atomic mass is 16.3. The van der Waals surface area contributed by atoms with Gasteiger partial charge in [-0.25, -0.2) is 4.98 Å². The number of allylic oxidation sites excluding steroid dienone is 2. The number of rotatable bonds is 7. The monoisotopic (exact) mass is 484 g/mol. The van der Waals surface area contributed by atoms with Crippen molar-refractivity contribution in [3.05, 3.63) is 125 Å². The van der Waals surface area contributed by atoms with Crippen LogP contribution in [0, 0.1) is 16.2 Å². The number of hydrogen-bond acceptors (Lipinski definition) is 6. The molecular formula is C30H24N6O. The van der Waals surface area contributed by atoms with Gasteiger partial charge in [0.2, 0.25) is 0 Å². The van der Waals surface area contributed by atoms with Gasteiger partial charge in [-0.2, -0.15) is 5.26 Å². The van der Waals surface area contributed by atoms with Gasteiger partial charge >= 0.3 is 0 Å². The number of hydrogen-bond donors (Lipinski definition) is 0. The molecule has 0 bridgehead atoms. The standard InChI is InChI=1S/C30H24N6O/c1-3-25(20(2)35-37)23-15-28-29(34-18-23)26(22-12-13-24(16-31)33-17-22)19-36(28)30(21-9-5-4-6-10-21)27-11-7-8-14-32-27/h4-15,17-19,30H,3H2,1-2H3/b25-20+. The SMILES string of the molecule is CC/C(=C(/C)N=O)c1cnc2c(-c3ccc(C#N)nc3)cn(C(c3ccccc3)c3ccccn3)c2c1. The molecule has 1 atom stereocenters. The highest BCUT2D eigenvalue weighted by Crippen LogP contribution is 2.37. The summed E-state index contributed by atoms with van der Waals surface area (Å²) in [6.45, 7) is 3.73. The molecule has 4 heterocycles. The van der Waals surface area contributed by atoms with Crippen LogP contribution in [0.4, 0.5) is 0 Å². The van der Waals surface area contributed by atoms with E-state index < -0.39 is 0 Å². The zero-order chi connectivity index (χ0) is 25.8. The van der Waals surface area contributed by atoms with Crippen molar-refractivity contribution >= 4 is 16.6 Å². The summed E-state index contributed by atoms with van der Waals surface area (Å²) >= 11 is 0. The first-order valence-corrected chi connectivity index (χ1v) is 12.0. The lowest BCUT2D eigenvalue weighted by atomic mass is 10.0. The molecule has 7 heteroatoms. The maximum atomic E-state index is 11.4. The van der Waals surface area contributed by atoms with Crippen molar-refractivity contribution in [2.24, 2.45) is 5.18 Å². The molecule has 0 aliphatic heterocycles. The second-order valence-electron chi connectivity index (χ2n) is 8.66. The van der Waals surface area contributed by atoms with Crippen molar-refractivity contribution in [1.82, 2.24) is 19.5 Å². The highest BCUT2D eigenvalue weighted by molar-refractivity contribution is 5.94. The Bertz CT molecular complexity index is 1590. The van der Waals surface area contributed by atoms with Gasteiger partial charge in [0.15, 0.2) is 0 Å². The molecule has 1 aromatic carbocycles. The molecule has 0 saturated carbocycles. The lowest BCUT2D eigenvalue weighted by Gasteiger charge is -2.20. The number of pyridine rings is 3. The zero-order valence-corrected chi connectivity index (χ0v) is 20.5. The van der Waals surface area contributed by atoms with E-state index in [1.54, 1.807) is 31.6 Å².